The molecule has 2 fully saturated rings. The lowest BCUT2D eigenvalue weighted by Crippen LogP contribution is -2.43. The Morgan fingerprint density at radius 2 is 1.91 bits per heavy atom. The van der Waals surface area contributed by atoms with Gasteiger partial charge in [-0.2, -0.15) is 0 Å². The Balaban J connectivity index is 1.82. The topological polar surface area (TPSA) is 73.0 Å². The first-order valence-corrected chi connectivity index (χ1v) is 10.3. The highest BCUT2D eigenvalue weighted by Crippen LogP contribution is 2.22. The van der Waals surface area contributed by atoms with E-state index in [1.165, 1.54) is 6.26 Å². The highest BCUT2D eigenvalue weighted by Gasteiger charge is 2.34. The average molecular weight is 346 g/mol. The van der Waals surface area contributed by atoms with E-state index in [9.17, 15) is 13.2 Å². The summed E-state index contributed by atoms with van der Waals surface area (Å²) in [5.41, 5.74) is 0. The van der Waals surface area contributed by atoms with Gasteiger partial charge in [-0.05, 0) is 12.3 Å². The van der Waals surface area contributed by atoms with Crippen LogP contribution in [0.4, 0.5) is 0 Å². The maximum Gasteiger partial charge on any atom is 0.219 e. The van der Waals surface area contributed by atoms with E-state index >= 15 is 0 Å². The van der Waals surface area contributed by atoms with Gasteiger partial charge < -0.3 is 9.80 Å². The standard InChI is InChI=1S/C15H30N4O3S/c1-13-11-17(8-5-16-23(3,21)22)12-15(13)19-7-4-6-18(9-10-19)14(2)20/h13,15-16H,4-12H2,1-3H3/t13-,15+/m0/s1. The van der Waals surface area contributed by atoms with Crippen molar-refractivity contribution < 1.29 is 13.2 Å². The van der Waals surface area contributed by atoms with Crippen molar-refractivity contribution >= 4 is 15.9 Å². The number of hydrogen-bond donors (Lipinski definition) is 1. The quantitative estimate of drug-likeness (QED) is 0.720. The summed E-state index contributed by atoms with van der Waals surface area (Å²) in [4.78, 5) is 18.3. The van der Waals surface area contributed by atoms with E-state index in [4.69, 9.17) is 0 Å². The molecule has 2 heterocycles. The largest absolute Gasteiger partial charge is 0.342 e. The summed E-state index contributed by atoms with van der Waals surface area (Å²) in [6.45, 7) is 10.8. The van der Waals surface area contributed by atoms with Crippen molar-refractivity contribution in [1.82, 2.24) is 19.4 Å². The number of nitrogens with one attached hydrogen (secondary N) is 1. The van der Waals surface area contributed by atoms with Gasteiger partial charge in [0, 0.05) is 65.3 Å². The minimum absolute atomic E-state index is 0.166. The molecule has 0 radical (unpaired) electrons. The fourth-order valence-corrected chi connectivity index (χ4v) is 4.14. The third-order valence-electron chi connectivity index (χ3n) is 4.89. The Kier molecular flexibility index (Phi) is 6.41. The first-order chi connectivity index (χ1) is 10.8. The molecule has 0 saturated carbocycles. The Labute approximate surface area is 140 Å². The zero-order valence-electron chi connectivity index (χ0n) is 14.5. The normalized spacial score (nSPS) is 28.0. The second-order valence-electron chi connectivity index (χ2n) is 6.87. The van der Waals surface area contributed by atoms with Crippen LogP contribution in [-0.4, -0.2) is 93.7 Å². The van der Waals surface area contributed by atoms with Gasteiger partial charge in [-0.1, -0.05) is 6.92 Å². The van der Waals surface area contributed by atoms with Crippen LogP contribution < -0.4 is 4.72 Å². The van der Waals surface area contributed by atoms with Crippen LogP contribution in [0.5, 0.6) is 0 Å². The predicted molar refractivity (Wildman–Crippen MR) is 90.7 cm³/mol. The molecule has 2 aliphatic heterocycles. The number of hydrogen-bond acceptors (Lipinski definition) is 5. The lowest BCUT2D eigenvalue weighted by atomic mass is 10.0. The van der Waals surface area contributed by atoms with Crippen molar-refractivity contribution in [3.8, 4) is 0 Å². The summed E-state index contributed by atoms with van der Waals surface area (Å²) in [5.74, 6) is 0.733. The van der Waals surface area contributed by atoms with Crippen LogP contribution in [-0.2, 0) is 14.8 Å². The van der Waals surface area contributed by atoms with Gasteiger partial charge in [-0.3, -0.25) is 9.69 Å². The van der Waals surface area contributed by atoms with Crippen molar-refractivity contribution in [2.45, 2.75) is 26.3 Å². The van der Waals surface area contributed by atoms with E-state index in [1.807, 2.05) is 4.90 Å². The van der Waals surface area contributed by atoms with E-state index in [1.54, 1.807) is 6.92 Å². The van der Waals surface area contributed by atoms with Gasteiger partial charge in [0.2, 0.25) is 15.9 Å². The number of nitrogens with zero attached hydrogens (tertiary/aromatic N) is 3. The van der Waals surface area contributed by atoms with Crippen LogP contribution in [0.2, 0.25) is 0 Å². The van der Waals surface area contributed by atoms with Crippen LogP contribution in [0.25, 0.3) is 0 Å². The van der Waals surface area contributed by atoms with Crippen molar-refractivity contribution in [2.24, 2.45) is 5.92 Å². The third-order valence-corrected chi connectivity index (χ3v) is 5.61. The molecule has 0 spiro atoms. The summed E-state index contributed by atoms with van der Waals surface area (Å²) in [7, 11) is -3.11. The number of likely N-dealkylation sites (tertiary alicyclic amines) is 1. The third kappa shape index (κ3) is 5.70. The summed E-state index contributed by atoms with van der Waals surface area (Å²) in [6.07, 6.45) is 2.22. The summed E-state index contributed by atoms with van der Waals surface area (Å²) in [6, 6.07) is 0.500. The Morgan fingerprint density at radius 1 is 1.17 bits per heavy atom. The molecule has 1 amide bonds. The molecule has 1 N–H and O–H groups in total. The second kappa shape index (κ2) is 7.92. The number of rotatable bonds is 5. The van der Waals surface area contributed by atoms with Crippen LogP contribution >= 0.6 is 0 Å². The molecule has 0 bridgehead atoms. The van der Waals surface area contributed by atoms with E-state index in [0.29, 0.717) is 18.5 Å². The zero-order chi connectivity index (χ0) is 17.0. The van der Waals surface area contributed by atoms with Crippen LogP contribution in [0, 0.1) is 5.92 Å². The number of carbonyl (C=O) groups is 1. The lowest BCUT2D eigenvalue weighted by Gasteiger charge is -2.30. The average Bonchev–Trinajstić information content (AvgIpc) is 2.66. The van der Waals surface area contributed by atoms with Crippen molar-refractivity contribution in [1.29, 1.82) is 0 Å². The zero-order valence-corrected chi connectivity index (χ0v) is 15.3. The first kappa shape index (κ1) is 18.6. The van der Waals surface area contributed by atoms with Crippen molar-refractivity contribution in [3.63, 3.8) is 0 Å². The van der Waals surface area contributed by atoms with Gasteiger partial charge in [0.25, 0.3) is 0 Å². The molecule has 0 aromatic rings. The Morgan fingerprint density at radius 3 is 2.57 bits per heavy atom. The van der Waals surface area contributed by atoms with E-state index in [-0.39, 0.29) is 5.91 Å². The van der Waals surface area contributed by atoms with Gasteiger partial charge in [0.05, 0.1) is 6.26 Å². The van der Waals surface area contributed by atoms with Crippen molar-refractivity contribution in [2.75, 3.05) is 58.6 Å². The predicted octanol–water partition coefficient (Wildman–Crippen LogP) is -0.590. The number of carbonyl (C=O) groups excluding carboxylic acids is 1. The smallest absolute Gasteiger partial charge is 0.219 e. The molecule has 0 aromatic carbocycles. The van der Waals surface area contributed by atoms with E-state index in [0.717, 1.165) is 52.2 Å². The fourth-order valence-electron chi connectivity index (χ4n) is 3.68. The minimum Gasteiger partial charge on any atom is -0.342 e. The van der Waals surface area contributed by atoms with Gasteiger partial charge >= 0.3 is 0 Å². The SMILES string of the molecule is CC(=O)N1CCCN([C@@H]2CN(CCNS(C)(=O)=O)C[C@@H]2C)CC1. The maximum atomic E-state index is 11.5. The molecule has 2 saturated heterocycles. The molecule has 7 nitrogen and oxygen atoms in total. The van der Waals surface area contributed by atoms with E-state index < -0.39 is 10.0 Å². The van der Waals surface area contributed by atoms with Crippen LogP contribution in [0.15, 0.2) is 0 Å². The maximum absolute atomic E-state index is 11.5. The molecular formula is C15H30N4O3S. The lowest BCUT2D eigenvalue weighted by molar-refractivity contribution is -0.128. The first-order valence-electron chi connectivity index (χ1n) is 8.43. The van der Waals surface area contributed by atoms with Gasteiger partial charge in [0.15, 0.2) is 0 Å². The summed E-state index contributed by atoms with van der Waals surface area (Å²) in [5, 5.41) is 0. The van der Waals surface area contributed by atoms with Crippen molar-refractivity contribution in [3.05, 3.63) is 0 Å². The highest BCUT2D eigenvalue weighted by atomic mass is 32.2. The second-order valence-corrected chi connectivity index (χ2v) is 8.70. The van der Waals surface area contributed by atoms with E-state index in [2.05, 4.69) is 21.4 Å². The van der Waals surface area contributed by atoms with Crippen LogP contribution in [0.3, 0.4) is 0 Å². The molecule has 0 aromatic heterocycles. The monoisotopic (exact) mass is 346 g/mol. The molecule has 8 heteroatoms. The summed E-state index contributed by atoms with van der Waals surface area (Å²) >= 11 is 0. The number of amides is 1. The minimum atomic E-state index is -3.11. The summed E-state index contributed by atoms with van der Waals surface area (Å²) < 4.78 is 24.8. The molecule has 2 atom stereocenters. The van der Waals surface area contributed by atoms with Gasteiger partial charge in [-0.25, -0.2) is 13.1 Å². The Bertz CT molecular complexity index is 511. The fraction of sp³-hybridized carbons (Fsp3) is 0.933. The molecular weight excluding hydrogens is 316 g/mol. The van der Waals surface area contributed by atoms with Crippen LogP contribution in [0.1, 0.15) is 20.3 Å². The molecule has 0 aliphatic carbocycles. The highest BCUT2D eigenvalue weighted by molar-refractivity contribution is 7.88. The van der Waals surface area contributed by atoms with Gasteiger partial charge in [0.1, 0.15) is 0 Å². The van der Waals surface area contributed by atoms with Gasteiger partial charge in [-0.15, -0.1) is 0 Å². The number of sulfonamides is 1. The molecule has 0 unspecified atom stereocenters. The molecule has 134 valence electrons. The molecule has 23 heavy (non-hydrogen) atoms. The molecule has 2 rings (SSSR count). The molecule has 2 aliphatic rings. The Hall–Kier alpha value is -0.700.